The van der Waals surface area contributed by atoms with Crippen molar-refractivity contribution in [1.82, 2.24) is 9.55 Å². The number of aliphatic hydroxyl groups excluding tert-OH is 1. The first-order chi connectivity index (χ1) is 7.22. The van der Waals surface area contributed by atoms with Crippen molar-refractivity contribution in [2.75, 3.05) is 0 Å². The van der Waals surface area contributed by atoms with Crippen molar-refractivity contribution in [2.24, 2.45) is 7.05 Å². The fourth-order valence-corrected chi connectivity index (χ4v) is 1.68. The Bertz CT molecular complexity index is 474. The molecule has 0 saturated carbocycles. The molecule has 3 heteroatoms. The minimum atomic E-state index is -0.0142. The molecule has 0 aliphatic heterocycles. The molecule has 0 unspecified atom stereocenters. The van der Waals surface area contributed by atoms with Gasteiger partial charge < -0.3 is 9.67 Å². The maximum absolute atomic E-state index is 9.02. The number of nitrogens with zero attached hydrogens (tertiary/aromatic N) is 2. The van der Waals surface area contributed by atoms with Crippen molar-refractivity contribution >= 4 is 0 Å². The summed E-state index contributed by atoms with van der Waals surface area (Å²) in [6, 6.07) is 8.10. The van der Waals surface area contributed by atoms with Crippen LogP contribution in [0, 0.1) is 6.92 Å². The molecular weight excluding hydrogens is 188 g/mol. The van der Waals surface area contributed by atoms with Gasteiger partial charge in [-0.15, -0.1) is 0 Å². The third-order valence-electron chi connectivity index (χ3n) is 2.47. The lowest BCUT2D eigenvalue weighted by molar-refractivity contribution is 0.277. The highest BCUT2D eigenvalue weighted by molar-refractivity contribution is 5.60. The Morgan fingerprint density at radius 3 is 2.67 bits per heavy atom. The van der Waals surface area contributed by atoms with Crippen LogP contribution >= 0.6 is 0 Å². The van der Waals surface area contributed by atoms with E-state index in [0.717, 1.165) is 11.4 Å². The standard InChI is InChI=1S/C12H14N2O/c1-9-5-3-4-6-11(9)12-13-10(8-15)7-14(12)2/h3-7,15H,8H2,1-2H3. The molecule has 78 valence electrons. The third kappa shape index (κ3) is 1.78. The van der Waals surface area contributed by atoms with Crippen LogP contribution in [0.3, 0.4) is 0 Å². The van der Waals surface area contributed by atoms with Crippen LogP contribution in [0.5, 0.6) is 0 Å². The number of hydrogen-bond acceptors (Lipinski definition) is 2. The number of imidazole rings is 1. The second-order valence-electron chi connectivity index (χ2n) is 3.64. The van der Waals surface area contributed by atoms with Crippen molar-refractivity contribution in [2.45, 2.75) is 13.5 Å². The van der Waals surface area contributed by atoms with Crippen LogP contribution in [0.4, 0.5) is 0 Å². The molecule has 1 N–H and O–H groups in total. The summed E-state index contributed by atoms with van der Waals surface area (Å²) in [6.07, 6.45) is 1.85. The monoisotopic (exact) mass is 202 g/mol. The molecular formula is C12H14N2O. The van der Waals surface area contributed by atoms with Crippen molar-refractivity contribution in [3.8, 4) is 11.4 Å². The summed E-state index contributed by atoms with van der Waals surface area (Å²) in [7, 11) is 1.94. The Morgan fingerprint density at radius 1 is 1.33 bits per heavy atom. The Labute approximate surface area is 89.0 Å². The van der Waals surface area contributed by atoms with E-state index in [1.807, 2.05) is 36.0 Å². The second-order valence-corrected chi connectivity index (χ2v) is 3.64. The molecule has 2 rings (SSSR count). The van der Waals surface area contributed by atoms with Crippen LogP contribution in [0.15, 0.2) is 30.5 Å². The SMILES string of the molecule is Cc1ccccc1-c1nc(CO)cn1C. The largest absolute Gasteiger partial charge is 0.390 e. The molecule has 1 aromatic heterocycles. The zero-order chi connectivity index (χ0) is 10.8. The summed E-state index contributed by atoms with van der Waals surface area (Å²) in [4.78, 5) is 4.37. The van der Waals surface area contributed by atoms with E-state index in [1.54, 1.807) is 0 Å². The highest BCUT2D eigenvalue weighted by Crippen LogP contribution is 2.21. The summed E-state index contributed by atoms with van der Waals surface area (Å²) in [5.74, 6) is 0.900. The number of rotatable bonds is 2. The van der Waals surface area contributed by atoms with E-state index in [0.29, 0.717) is 5.69 Å². The Kier molecular flexibility index (Phi) is 2.56. The molecule has 2 aromatic rings. The van der Waals surface area contributed by atoms with Gasteiger partial charge in [0.05, 0.1) is 12.3 Å². The first-order valence-electron chi connectivity index (χ1n) is 4.91. The number of aryl methyl sites for hydroxylation is 2. The molecule has 0 amide bonds. The van der Waals surface area contributed by atoms with Gasteiger partial charge in [0.2, 0.25) is 0 Å². The summed E-state index contributed by atoms with van der Waals surface area (Å²) < 4.78 is 1.94. The van der Waals surface area contributed by atoms with E-state index < -0.39 is 0 Å². The highest BCUT2D eigenvalue weighted by atomic mass is 16.3. The molecule has 3 nitrogen and oxygen atoms in total. The lowest BCUT2D eigenvalue weighted by atomic mass is 10.1. The second kappa shape index (κ2) is 3.87. The zero-order valence-electron chi connectivity index (χ0n) is 8.94. The van der Waals surface area contributed by atoms with Gasteiger partial charge in [0.1, 0.15) is 5.82 Å². The number of aliphatic hydroxyl groups is 1. The van der Waals surface area contributed by atoms with Crippen LogP contribution in [0.2, 0.25) is 0 Å². The van der Waals surface area contributed by atoms with E-state index in [2.05, 4.69) is 18.0 Å². The van der Waals surface area contributed by atoms with Gasteiger partial charge in [-0.3, -0.25) is 0 Å². The lowest BCUT2D eigenvalue weighted by Crippen LogP contribution is -1.92. The van der Waals surface area contributed by atoms with Gasteiger partial charge in [-0.2, -0.15) is 0 Å². The molecule has 0 bridgehead atoms. The Balaban J connectivity index is 2.54. The molecule has 1 heterocycles. The van der Waals surface area contributed by atoms with Gasteiger partial charge in [0, 0.05) is 18.8 Å². The van der Waals surface area contributed by atoms with E-state index in [-0.39, 0.29) is 6.61 Å². The maximum atomic E-state index is 9.02. The first kappa shape index (κ1) is 9.93. The summed E-state index contributed by atoms with van der Waals surface area (Å²) in [5, 5.41) is 9.02. The zero-order valence-corrected chi connectivity index (χ0v) is 8.94. The molecule has 0 radical (unpaired) electrons. The van der Waals surface area contributed by atoms with Crippen molar-refractivity contribution in [3.63, 3.8) is 0 Å². The number of benzene rings is 1. The number of hydrogen-bond donors (Lipinski definition) is 1. The highest BCUT2D eigenvalue weighted by Gasteiger charge is 2.08. The smallest absolute Gasteiger partial charge is 0.140 e. The van der Waals surface area contributed by atoms with Crippen molar-refractivity contribution in [3.05, 3.63) is 41.7 Å². The molecule has 0 aliphatic carbocycles. The molecule has 0 saturated heterocycles. The van der Waals surface area contributed by atoms with Crippen LogP contribution in [-0.4, -0.2) is 14.7 Å². The van der Waals surface area contributed by atoms with Crippen LogP contribution in [0.1, 0.15) is 11.3 Å². The normalized spacial score (nSPS) is 10.6. The Hall–Kier alpha value is -1.61. The lowest BCUT2D eigenvalue weighted by Gasteiger charge is -2.04. The number of aromatic nitrogens is 2. The molecule has 0 atom stereocenters. The van der Waals surface area contributed by atoms with Gasteiger partial charge in [-0.25, -0.2) is 4.98 Å². The predicted molar refractivity (Wildman–Crippen MR) is 59.3 cm³/mol. The summed E-state index contributed by atoms with van der Waals surface area (Å²) >= 11 is 0. The maximum Gasteiger partial charge on any atom is 0.140 e. The Morgan fingerprint density at radius 2 is 2.07 bits per heavy atom. The molecule has 0 spiro atoms. The van der Waals surface area contributed by atoms with Crippen LogP contribution in [-0.2, 0) is 13.7 Å². The fourth-order valence-electron chi connectivity index (χ4n) is 1.68. The van der Waals surface area contributed by atoms with Crippen LogP contribution < -0.4 is 0 Å². The quantitative estimate of drug-likeness (QED) is 0.807. The molecule has 0 aliphatic rings. The average Bonchev–Trinajstić information content (AvgIpc) is 2.60. The van der Waals surface area contributed by atoms with Crippen molar-refractivity contribution in [1.29, 1.82) is 0 Å². The average molecular weight is 202 g/mol. The molecule has 0 fully saturated rings. The van der Waals surface area contributed by atoms with E-state index in [1.165, 1.54) is 5.56 Å². The van der Waals surface area contributed by atoms with E-state index in [9.17, 15) is 0 Å². The van der Waals surface area contributed by atoms with Gasteiger partial charge in [0.25, 0.3) is 0 Å². The van der Waals surface area contributed by atoms with Crippen LogP contribution in [0.25, 0.3) is 11.4 Å². The van der Waals surface area contributed by atoms with Gasteiger partial charge >= 0.3 is 0 Å². The van der Waals surface area contributed by atoms with Crippen molar-refractivity contribution < 1.29 is 5.11 Å². The fraction of sp³-hybridized carbons (Fsp3) is 0.250. The molecule has 15 heavy (non-hydrogen) atoms. The van der Waals surface area contributed by atoms with E-state index in [4.69, 9.17) is 5.11 Å². The minimum Gasteiger partial charge on any atom is -0.390 e. The minimum absolute atomic E-state index is 0.0142. The topological polar surface area (TPSA) is 38.1 Å². The summed E-state index contributed by atoms with van der Waals surface area (Å²) in [5.41, 5.74) is 3.01. The van der Waals surface area contributed by atoms with Gasteiger partial charge in [-0.05, 0) is 12.5 Å². The van der Waals surface area contributed by atoms with Gasteiger partial charge in [0.15, 0.2) is 0 Å². The summed E-state index contributed by atoms with van der Waals surface area (Å²) in [6.45, 7) is 2.04. The first-order valence-corrected chi connectivity index (χ1v) is 4.91. The predicted octanol–water partition coefficient (Wildman–Crippen LogP) is 1.89. The third-order valence-corrected chi connectivity index (χ3v) is 2.47. The van der Waals surface area contributed by atoms with Gasteiger partial charge in [-0.1, -0.05) is 24.3 Å². The van der Waals surface area contributed by atoms with E-state index >= 15 is 0 Å². The molecule has 1 aromatic carbocycles.